The quantitative estimate of drug-likeness (QED) is 0.788. The van der Waals surface area contributed by atoms with Gasteiger partial charge in [0.05, 0.1) is 16.1 Å². The zero-order valence-electron chi connectivity index (χ0n) is 13.3. The Bertz CT molecular complexity index is 784. The molecule has 126 valence electrons. The Balaban J connectivity index is 1.70. The average Bonchev–Trinajstić information content (AvgIpc) is 3.29. The third-order valence-corrected chi connectivity index (χ3v) is 5.82. The van der Waals surface area contributed by atoms with Crippen molar-refractivity contribution in [3.05, 3.63) is 40.4 Å². The van der Waals surface area contributed by atoms with Crippen molar-refractivity contribution in [2.24, 2.45) is 11.3 Å². The van der Waals surface area contributed by atoms with E-state index in [2.05, 4.69) is 4.98 Å². The van der Waals surface area contributed by atoms with Crippen LogP contribution in [0.4, 0.5) is 0 Å². The second kappa shape index (κ2) is 6.65. The van der Waals surface area contributed by atoms with E-state index < -0.39 is 11.4 Å². The summed E-state index contributed by atoms with van der Waals surface area (Å²) in [6, 6.07) is 7.44. The number of benzene rings is 1. The van der Waals surface area contributed by atoms with Crippen LogP contribution in [0.2, 0.25) is 5.02 Å². The molecule has 1 aromatic carbocycles. The van der Waals surface area contributed by atoms with Crippen LogP contribution in [0.1, 0.15) is 31.9 Å². The van der Waals surface area contributed by atoms with Gasteiger partial charge in [-0.3, -0.25) is 9.59 Å². The molecular formula is C18H18ClNO3S. The molecule has 1 saturated carbocycles. The standard InChI is InChI=1S/C18H18ClNO3S/c1-18(17(22)23,11-6-7-11)9-13(21)8-12-10-24-16(20-12)14-4-2-3-5-15(14)19/h2-5,10-11H,6-9H2,1H3,(H,22,23). The van der Waals surface area contributed by atoms with Gasteiger partial charge in [-0.15, -0.1) is 11.3 Å². The molecule has 2 aromatic rings. The summed E-state index contributed by atoms with van der Waals surface area (Å²) in [6.45, 7) is 1.68. The normalized spacial score (nSPS) is 16.6. The van der Waals surface area contributed by atoms with E-state index in [1.807, 2.05) is 23.6 Å². The highest BCUT2D eigenvalue weighted by Gasteiger charge is 2.48. The molecule has 1 heterocycles. The minimum absolute atomic E-state index is 0.0615. The highest BCUT2D eigenvalue weighted by molar-refractivity contribution is 7.13. The molecule has 0 bridgehead atoms. The summed E-state index contributed by atoms with van der Waals surface area (Å²) in [7, 11) is 0. The lowest BCUT2D eigenvalue weighted by atomic mass is 9.79. The van der Waals surface area contributed by atoms with Crippen LogP contribution in [0, 0.1) is 11.3 Å². The number of aromatic nitrogens is 1. The lowest BCUT2D eigenvalue weighted by molar-refractivity contribution is -0.151. The topological polar surface area (TPSA) is 67.3 Å². The number of carbonyl (C=O) groups excluding carboxylic acids is 1. The molecule has 1 atom stereocenters. The molecule has 1 unspecified atom stereocenters. The first kappa shape index (κ1) is 17.1. The van der Waals surface area contributed by atoms with Gasteiger partial charge in [-0.1, -0.05) is 29.8 Å². The van der Waals surface area contributed by atoms with Gasteiger partial charge < -0.3 is 5.11 Å². The first-order valence-electron chi connectivity index (χ1n) is 7.84. The van der Waals surface area contributed by atoms with E-state index in [9.17, 15) is 14.7 Å². The van der Waals surface area contributed by atoms with E-state index in [0.29, 0.717) is 10.7 Å². The van der Waals surface area contributed by atoms with Crippen molar-refractivity contribution < 1.29 is 14.7 Å². The number of thiazole rings is 1. The molecule has 3 rings (SSSR count). The minimum Gasteiger partial charge on any atom is -0.481 e. The zero-order chi connectivity index (χ0) is 17.3. The Kier molecular flexibility index (Phi) is 4.74. The van der Waals surface area contributed by atoms with E-state index in [-0.39, 0.29) is 24.5 Å². The Morgan fingerprint density at radius 3 is 2.71 bits per heavy atom. The number of ketones is 1. The molecule has 0 aliphatic heterocycles. The maximum atomic E-state index is 12.4. The number of carboxylic acids is 1. The molecule has 6 heteroatoms. The highest BCUT2D eigenvalue weighted by Crippen LogP contribution is 2.48. The molecule has 1 N–H and O–H groups in total. The first-order chi connectivity index (χ1) is 11.4. The van der Waals surface area contributed by atoms with Gasteiger partial charge in [0.1, 0.15) is 10.8 Å². The Hall–Kier alpha value is -1.72. The van der Waals surface area contributed by atoms with E-state index in [1.54, 1.807) is 13.0 Å². The van der Waals surface area contributed by atoms with Crippen molar-refractivity contribution in [1.82, 2.24) is 4.98 Å². The fourth-order valence-corrected chi connectivity index (χ4v) is 4.08. The van der Waals surface area contributed by atoms with Gasteiger partial charge in [0.25, 0.3) is 0 Å². The van der Waals surface area contributed by atoms with Crippen LogP contribution in [-0.4, -0.2) is 21.8 Å². The maximum Gasteiger partial charge on any atom is 0.310 e. The van der Waals surface area contributed by atoms with Crippen molar-refractivity contribution >= 4 is 34.7 Å². The molecule has 0 spiro atoms. The third-order valence-electron chi connectivity index (χ3n) is 4.57. The smallest absolute Gasteiger partial charge is 0.310 e. The maximum absolute atomic E-state index is 12.4. The first-order valence-corrected chi connectivity index (χ1v) is 9.10. The average molecular weight is 364 g/mol. The third kappa shape index (κ3) is 3.52. The van der Waals surface area contributed by atoms with E-state index in [4.69, 9.17) is 11.6 Å². The number of nitrogens with zero attached hydrogens (tertiary/aromatic N) is 1. The number of carbonyl (C=O) groups is 2. The van der Waals surface area contributed by atoms with Crippen LogP contribution in [0.5, 0.6) is 0 Å². The number of aliphatic carboxylic acids is 1. The lowest BCUT2D eigenvalue weighted by Crippen LogP contribution is -2.33. The number of Topliss-reactive ketones (excluding diaryl/α,β-unsaturated/α-hetero) is 1. The Labute approximate surface area is 149 Å². The molecule has 0 saturated heterocycles. The van der Waals surface area contributed by atoms with Crippen molar-refractivity contribution in [3.63, 3.8) is 0 Å². The minimum atomic E-state index is -0.946. The molecule has 4 nitrogen and oxygen atoms in total. The number of rotatable bonds is 7. The fraction of sp³-hybridized carbons (Fsp3) is 0.389. The van der Waals surface area contributed by atoms with Gasteiger partial charge in [0.15, 0.2) is 0 Å². The summed E-state index contributed by atoms with van der Waals surface area (Å²) >= 11 is 7.61. The van der Waals surface area contributed by atoms with Crippen molar-refractivity contribution in [3.8, 4) is 10.6 Å². The fourth-order valence-electron chi connectivity index (χ4n) is 2.94. The van der Waals surface area contributed by atoms with E-state index in [1.165, 1.54) is 11.3 Å². The van der Waals surface area contributed by atoms with Crippen molar-refractivity contribution in [1.29, 1.82) is 0 Å². The molecular weight excluding hydrogens is 346 g/mol. The largest absolute Gasteiger partial charge is 0.481 e. The molecule has 0 radical (unpaired) electrons. The van der Waals surface area contributed by atoms with Crippen LogP contribution in [-0.2, 0) is 16.0 Å². The summed E-state index contributed by atoms with van der Waals surface area (Å²) in [5, 5.41) is 12.7. The van der Waals surface area contributed by atoms with Gasteiger partial charge in [0, 0.05) is 23.8 Å². The predicted molar refractivity (Wildman–Crippen MR) is 94.4 cm³/mol. The second-order valence-electron chi connectivity index (χ2n) is 6.51. The molecule has 0 amide bonds. The van der Waals surface area contributed by atoms with Gasteiger partial charge >= 0.3 is 5.97 Å². The summed E-state index contributed by atoms with van der Waals surface area (Å²) in [6.07, 6.45) is 2.01. The van der Waals surface area contributed by atoms with Crippen LogP contribution in [0.15, 0.2) is 29.6 Å². The Morgan fingerprint density at radius 2 is 2.08 bits per heavy atom. The van der Waals surface area contributed by atoms with Gasteiger partial charge in [-0.25, -0.2) is 4.98 Å². The highest BCUT2D eigenvalue weighted by atomic mass is 35.5. The number of halogens is 1. The van der Waals surface area contributed by atoms with Crippen molar-refractivity contribution in [2.75, 3.05) is 0 Å². The van der Waals surface area contributed by atoms with Crippen LogP contribution in [0.3, 0.4) is 0 Å². The van der Waals surface area contributed by atoms with E-state index in [0.717, 1.165) is 23.4 Å². The summed E-state index contributed by atoms with van der Waals surface area (Å²) in [4.78, 5) is 28.4. The SMILES string of the molecule is CC(CC(=O)Cc1csc(-c2ccccc2Cl)n1)(C(=O)O)C1CC1. The molecule has 24 heavy (non-hydrogen) atoms. The molecule has 1 aliphatic rings. The van der Waals surface area contributed by atoms with Gasteiger partial charge in [-0.05, 0) is 31.7 Å². The lowest BCUT2D eigenvalue weighted by Gasteiger charge is -2.23. The molecule has 1 fully saturated rings. The van der Waals surface area contributed by atoms with Crippen molar-refractivity contribution in [2.45, 2.75) is 32.6 Å². The Morgan fingerprint density at radius 1 is 1.38 bits per heavy atom. The summed E-state index contributed by atoms with van der Waals surface area (Å²) in [5.41, 5.74) is 0.568. The number of hydrogen-bond acceptors (Lipinski definition) is 4. The second-order valence-corrected chi connectivity index (χ2v) is 7.78. The molecule has 1 aromatic heterocycles. The number of hydrogen-bond donors (Lipinski definition) is 1. The van der Waals surface area contributed by atoms with E-state index >= 15 is 0 Å². The summed E-state index contributed by atoms with van der Waals surface area (Å²) < 4.78 is 0. The number of carboxylic acid groups (broad SMARTS) is 1. The zero-order valence-corrected chi connectivity index (χ0v) is 14.9. The van der Waals surface area contributed by atoms with Gasteiger partial charge in [-0.2, -0.15) is 0 Å². The predicted octanol–water partition coefficient (Wildman–Crippen LogP) is 4.47. The van der Waals surface area contributed by atoms with Crippen LogP contribution >= 0.6 is 22.9 Å². The van der Waals surface area contributed by atoms with Crippen LogP contribution in [0.25, 0.3) is 10.6 Å². The monoisotopic (exact) mass is 363 g/mol. The van der Waals surface area contributed by atoms with Gasteiger partial charge in [0.2, 0.25) is 0 Å². The molecule has 1 aliphatic carbocycles. The van der Waals surface area contributed by atoms with Crippen LogP contribution < -0.4 is 0 Å². The summed E-state index contributed by atoms with van der Waals surface area (Å²) in [5.74, 6) is -0.843.